The van der Waals surface area contributed by atoms with Crippen LogP contribution >= 0.6 is 0 Å². The summed E-state index contributed by atoms with van der Waals surface area (Å²) in [5, 5.41) is 19.0. The molecular weight excluding hydrogens is 394 g/mol. The third-order valence-electron chi connectivity index (χ3n) is 4.26. The van der Waals surface area contributed by atoms with Crippen LogP contribution in [0.2, 0.25) is 0 Å². The molecule has 0 fully saturated rings. The molecule has 0 saturated heterocycles. The topological polar surface area (TPSA) is 139 Å². The van der Waals surface area contributed by atoms with Gasteiger partial charge in [-0.3, -0.25) is 10.1 Å². The van der Waals surface area contributed by atoms with Gasteiger partial charge in [0.1, 0.15) is 11.1 Å². The average Bonchev–Trinajstić information content (AvgIpc) is 3.23. The highest BCUT2D eigenvalue weighted by atomic mass is 16.6. The van der Waals surface area contributed by atoms with E-state index in [4.69, 9.17) is 13.6 Å². The number of esters is 1. The maximum atomic E-state index is 12.4. The lowest BCUT2D eigenvalue weighted by Gasteiger charge is -2.09. The second kappa shape index (κ2) is 7.59. The zero-order valence-electron chi connectivity index (χ0n) is 15.5. The van der Waals surface area contributed by atoms with Gasteiger partial charge in [0.25, 0.3) is 11.6 Å². The van der Waals surface area contributed by atoms with Crippen LogP contribution in [-0.4, -0.2) is 21.1 Å². The van der Waals surface area contributed by atoms with Gasteiger partial charge in [-0.15, -0.1) is 10.2 Å². The van der Waals surface area contributed by atoms with E-state index in [1.807, 2.05) is 0 Å². The number of ether oxygens (including phenoxy) is 1. The lowest BCUT2D eigenvalue weighted by Crippen LogP contribution is -2.18. The molecule has 30 heavy (non-hydrogen) atoms. The van der Waals surface area contributed by atoms with Crippen LogP contribution in [0, 0.1) is 10.1 Å². The summed E-state index contributed by atoms with van der Waals surface area (Å²) in [6.45, 7) is 1.51. The molecule has 0 aliphatic carbocycles. The fourth-order valence-corrected chi connectivity index (χ4v) is 2.72. The number of hydrogen-bond donors (Lipinski definition) is 0. The van der Waals surface area contributed by atoms with Crippen molar-refractivity contribution >= 4 is 22.6 Å². The van der Waals surface area contributed by atoms with E-state index in [0.29, 0.717) is 16.5 Å². The van der Waals surface area contributed by atoms with E-state index in [1.54, 1.807) is 24.3 Å². The second-order valence-electron chi connectivity index (χ2n) is 6.28. The Morgan fingerprint density at radius 2 is 1.83 bits per heavy atom. The van der Waals surface area contributed by atoms with E-state index >= 15 is 0 Å². The number of benzene rings is 2. The average molecular weight is 407 g/mol. The Morgan fingerprint density at radius 3 is 2.57 bits per heavy atom. The highest BCUT2D eigenvalue weighted by Gasteiger charge is 2.23. The molecule has 10 heteroatoms. The number of fused-ring (bicyclic) bond motifs is 1. The first kappa shape index (κ1) is 19.0. The molecule has 1 atom stereocenters. The lowest BCUT2D eigenvalue weighted by molar-refractivity contribution is -0.384. The van der Waals surface area contributed by atoms with E-state index in [2.05, 4.69) is 10.2 Å². The summed E-state index contributed by atoms with van der Waals surface area (Å²) in [7, 11) is 0. The maximum Gasteiger partial charge on any atom is 0.351 e. The Morgan fingerprint density at radius 1 is 1.10 bits per heavy atom. The molecule has 0 N–H and O–H groups in total. The Hall–Kier alpha value is -4.34. The van der Waals surface area contributed by atoms with Gasteiger partial charge in [0.05, 0.1) is 4.92 Å². The van der Waals surface area contributed by atoms with Crippen LogP contribution in [0.25, 0.3) is 22.4 Å². The van der Waals surface area contributed by atoms with Crippen molar-refractivity contribution in [3.63, 3.8) is 0 Å². The Labute approximate surface area is 167 Å². The number of nitro benzene ring substituents is 1. The number of nitro groups is 1. The maximum absolute atomic E-state index is 12.4. The van der Waals surface area contributed by atoms with E-state index in [-0.39, 0.29) is 23.0 Å². The van der Waals surface area contributed by atoms with Gasteiger partial charge in [0.2, 0.25) is 5.89 Å². The van der Waals surface area contributed by atoms with Crippen molar-refractivity contribution in [3.05, 3.63) is 86.6 Å². The molecule has 10 nitrogen and oxygen atoms in total. The van der Waals surface area contributed by atoms with Gasteiger partial charge in [-0.1, -0.05) is 18.2 Å². The summed E-state index contributed by atoms with van der Waals surface area (Å²) in [6.07, 6.45) is -0.942. The molecule has 0 saturated carbocycles. The molecule has 4 aromatic rings. The fraction of sp³-hybridized carbons (Fsp3) is 0.100. The smallest absolute Gasteiger partial charge is 0.351 e. The van der Waals surface area contributed by atoms with Crippen molar-refractivity contribution in [2.75, 3.05) is 0 Å². The molecule has 2 aromatic heterocycles. The molecule has 0 spiro atoms. The monoisotopic (exact) mass is 407 g/mol. The molecule has 0 radical (unpaired) electrons. The van der Waals surface area contributed by atoms with Crippen LogP contribution < -0.4 is 5.63 Å². The number of non-ortho nitro benzene ring substituents is 1. The first-order valence-electron chi connectivity index (χ1n) is 8.74. The third kappa shape index (κ3) is 3.65. The van der Waals surface area contributed by atoms with E-state index in [1.165, 1.54) is 37.3 Å². The van der Waals surface area contributed by atoms with Gasteiger partial charge in [-0.05, 0) is 31.2 Å². The van der Waals surface area contributed by atoms with Crippen molar-refractivity contribution in [1.29, 1.82) is 0 Å². The van der Waals surface area contributed by atoms with E-state index < -0.39 is 22.6 Å². The summed E-state index contributed by atoms with van der Waals surface area (Å²) in [5.41, 5.74) is -0.321. The van der Waals surface area contributed by atoms with Gasteiger partial charge in [0, 0.05) is 23.1 Å². The first-order valence-corrected chi connectivity index (χ1v) is 8.74. The highest BCUT2D eigenvalue weighted by molar-refractivity contribution is 5.92. The van der Waals surface area contributed by atoms with Crippen LogP contribution in [-0.2, 0) is 4.74 Å². The van der Waals surface area contributed by atoms with Gasteiger partial charge < -0.3 is 13.6 Å². The molecular formula is C20H13N3O7. The minimum Gasteiger partial charge on any atom is -0.449 e. The summed E-state index contributed by atoms with van der Waals surface area (Å²) in [5.74, 6) is -0.785. The van der Waals surface area contributed by atoms with Crippen LogP contribution in [0.3, 0.4) is 0 Å². The molecule has 150 valence electrons. The number of aromatic nitrogens is 2. The van der Waals surface area contributed by atoms with Crippen LogP contribution in [0.1, 0.15) is 29.3 Å². The minimum atomic E-state index is -0.942. The van der Waals surface area contributed by atoms with Gasteiger partial charge in [0.15, 0.2) is 6.10 Å². The molecule has 0 bridgehead atoms. The van der Waals surface area contributed by atoms with Crippen molar-refractivity contribution in [2.24, 2.45) is 0 Å². The number of hydrogen-bond acceptors (Lipinski definition) is 9. The Kier molecular flexibility index (Phi) is 4.80. The normalized spacial score (nSPS) is 11.9. The van der Waals surface area contributed by atoms with Crippen molar-refractivity contribution < 1.29 is 23.3 Å². The number of carbonyl (C=O) groups is 1. The van der Waals surface area contributed by atoms with Crippen LogP contribution in [0.5, 0.6) is 0 Å². The molecule has 0 aliphatic rings. The second-order valence-corrected chi connectivity index (χ2v) is 6.28. The number of rotatable bonds is 5. The van der Waals surface area contributed by atoms with E-state index in [0.717, 1.165) is 0 Å². The lowest BCUT2D eigenvalue weighted by atomic mass is 10.2. The number of carbonyl (C=O) groups excluding carboxylic acids is 1. The van der Waals surface area contributed by atoms with Crippen molar-refractivity contribution in [3.8, 4) is 11.5 Å². The molecule has 0 aliphatic heterocycles. The van der Waals surface area contributed by atoms with Gasteiger partial charge in [-0.2, -0.15) is 0 Å². The van der Waals surface area contributed by atoms with Gasteiger partial charge >= 0.3 is 11.6 Å². The molecule has 4 rings (SSSR count). The summed E-state index contributed by atoms with van der Waals surface area (Å²) in [6, 6.07) is 13.7. The molecule has 0 unspecified atom stereocenters. The SMILES string of the molecule is C[C@@H](OC(=O)c1cc2ccccc2oc1=O)c1nnc(-c2ccc([N+](=O)[O-])cc2)o1. The zero-order valence-corrected chi connectivity index (χ0v) is 15.5. The molecule has 2 heterocycles. The largest absolute Gasteiger partial charge is 0.449 e. The molecule has 2 aromatic carbocycles. The Bertz CT molecular complexity index is 1310. The Balaban J connectivity index is 1.52. The molecule has 0 amide bonds. The summed E-state index contributed by atoms with van der Waals surface area (Å²) in [4.78, 5) is 34.7. The van der Waals surface area contributed by atoms with Gasteiger partial charge in [-0.25, -0.2) is 9.59 Å². The van der Waals surface area contributed by atoms with E-state index in [9.17, 15) is 19.7 Å². The quantitative estimate of drug-likeness (QED) is 0.210. The minimum absolute atomic E-state index is 0.00174. The van der Waals surface area contributed by atoms with Crippen molar-refractivity contribution in [2.45, 2.75) is 13.0 Å². The predicted molar refractivity (Wildman–Crippen MR) is 103 cm³/mol. The number of nitrogens with zero attached hydrogens (tertiary/aromatic N) is 3. The third-order valence-corrected chi connectivity index (χ3v) is 4.26. The van der Waals surface area contributed by atoms with Crippen molar-refractivity contribution in [1.82, 2.24) is 10.2 Å². The summed E-state index contributed by atoms with van der Waals surface area (Å²) >= 11 is 0. The van der Waals surface area contributed by atoms with Crippen LogP contribution in [0.15, 0.2) is 68.2 Å². The fourth-order valence-electron chi connectivity index (χ4n) is 2.72. The number of para-hydroxylation sites is 1. The predicted octanol–water partition coefficient (Wildman–Crippen LogP) is 3.67. The highest BCUT2D eigenvalue weighted by Crippen LogP contribution is 2.25. The zero-order chi connectivity index (χ0) is 21.3. The standard InChI is InChI=1S/C20H13N3O7/c1-11(17-21-22-18(30-17)12-6-8-14(9-7-12)23(26)27)28-19(24)15-10-13-4-2-3-5-16(13)29-20(15)25/h2-11H,1H3/t11-/m1/s1. The first-order chi connectivity index (χ1) is 14.4. The van der Waals surface area contributed by atoms with Crippen LogP contribution in [0.4, 0.5) is 5.69 Å². The summed E-state index contributed by atoms with van der Waals surface area (Å²) < 4.78 is 15.9.